The number of methoxy groups -OCH3 is 1. The Hall–Kier alpha value is -1.81. The van der Waals surface area contributed by atoms with Crippen LogP contribution in [0.4, 0.5) is 0 Å². The third-order valence-electron chi connectivity index (χ3n) is 3.05. The van der Waals surface area contributed by atoms with Crippen LogP contribution in [0.25, 0.3) is 0 Å². The van der Waals surface area contributed by atoms with Crippen LogP contribution in [-0.4, -0.2) is 18.2 Å². The van der Waals surface area contributed by atoms with Crippen molar-refractivity contribution in [3.8, 4) is 5.75 Å². The highest BCUT2D eigenvalue weighted by Gasteiger charge is 2.14. The molecule has 0 aromatic heterocycles. The van der Waals surface area contributed by atoms with Crippen LogP contribution in [0.1, 0.15) is 42.5 Å². The summed E-state index contributed by atoms with van der Waals surface area (Å²) in [6, 6.07) is 3.51. The highest BCUT2D eigenvalue weighted by atomic mass is 16.5. The van der Waals surface area contributed by atoms with Gasteiger partial charge < -0.3 is 15.6 Å². The van der Waals surface area contributed by atoms with E-state index in [2.05, 4.69) is 13.8 Å². The van der Waals surface area contributed by atoms with Gasteiger partial charge in [0.25, 0.3) is 0 Å². The quantitative estimate of drug-likeness (QED) is 0.801. The summed E-state index contributed by atoms with van der Waals surface area (Å²) in [5, 5.41) is 8.64. The molecule has 0 fully saturated rings. The standard InChI is InChI=1S/C15H21NO3/c1-9(2)11-8-12(10(3)7-14(11)19-4)13(16)5-6-15(17)18/h5-9,13H,16H2,1-4H3,(H,17,18)/b6-5+. The van der Waals surface area contributed by atoms with Gasteiger partial charge in [0.05, 0.1) is 7.11 Å². The van der Waals surface area contributed by atoms with Gasteiger partial charge in [-0.25, -0.2) is 4.79 Å². The van der Waals surface area contributed by atoms with Gasteiger partial charge in [-0.2, -0.15) is 0 Å². The number of carbonyl (C=O) groups is 1. The predicted octanol–water partition coefficient (Wildman–Crippen LogP) is 2.77. The van der Waals surface area contributed by atoms with Crippen LogP contribution < -0.4 is 10.5 Å². The van der Waals surface area contributed by atoms with Crippen molar-refractivity contribution < 1.29 is 14.6 Å². The zero-order valence-corrected chi connectivity index (χ0v) is 11.8. The van der Waals surface area contributed by atoms with E-state index >= 15 is 0 Å². The Balaban J connectivity index is 3.21. The summed E-state index contributed by atoms with van der Waals surface area (Å²) in [6.45, 7) is 6.10. The number of aryl methyl sites for hydroxylation is 1. The smallest absolute Gasteiger partial charge is 0.328 e. The molecule has 104 valence electrons. The van der Waals surface area contributed by atoms with Crippen molar-refractivity contribution in [2.75, 3.05) is 7.11 Å². The first-order valence-corrected chi connectivity index (χ1v) is 6.22. The van der Waals surface area contributed by atoms with Crippen molar-refractivity contribution in [3.63, 3.8) is 0 Å². The van der Waals surface area contributed by atoms with Gasteiger partial charge in [-0.3, -0.25) is 0 Å². The summed E-state index contributed by atoms with van der Waals surface area (Å²) in [5.41, 5.74) is 8.99. The number of hydrogen-bond acceptors (Lipinski definition) is 3. The average Bonchev–Trinajstić information content (AvgIpc) is 2.34. The maximum absolute atomic E-state index is 10.5. The molecule has 1 rings (SSSR count). The molecular weight excluding hydrogens is 242 g/mol. The molecule has 0 aliphatic rings. The lowest BCUT2D eigenvalue weighted by molar-refractivity contribution is -0.131. The molecule has 4 heteroatoms. The number of carboxylic acid groups (broad SMARTS) is 1. The van der Waals surface area contributed by atoms with E-state index in [0.29, 0.717) is 5.92 Å². The maximum Gasteiger partial charge on any atom is 0.328 e. The van der Waals surface area contributed by atoms with Gasteiger partial charge in [0, 0.05) is 12.1 Å². The molecular formula is C15H21NO3. The molecule has 0 bridgehead atoms. The Bertz CT molecular complexity index is 492. The highest BCUT2D eigenvalue weighted by Crippen LogP contribution is 2.31. The maximum atomic E-state index is 10.5. The van der Waals surface area contributed by atoms with Crippen molar-refractivity contribution in [3.05, 3.63) is 41.0 Å². The molecule has 0 saturated carbocycles. The van der Waals surface area contributed by atoms with Gasteiger partial charge in [-0.1, -0.05) is 19.9 Å². The molecule has 0 saturated heterocycles. The number of nitrogens with two attached hydrogens (primary N) is 1. The molecule has 0 aliphatic carbocycles. The van der Waals surface area contributed by atoms with Crippen molar-refractivity contribution in [2.45, 2.75) is 32.7 Å². The van der Waals surface area contributed by atoms with E-state index in [1.807, 2.05) is 19.1 Å². The Morgan fingerprint density at radius 3 is 2.47 bits per heavy atom. The number of hydrogen-bond donors (Lipinski definition) is 2. The normalized spacial score (nSPS) is 12.9. The van der Waals surface area contributed by atoms with Crippen LogP contribution in [0, 0.1) is 6.92 Å². The van der Waals surface area contributed by atoms with E-state index in [9.17, 15) is 4.79 Å². The van der Waals surface area contributed by atoms with Gasteiger partial charge in [0.2, 0.25) is 0 Å². The number of ether oxygens (including phenoxy) is 1. The van der Waals surface area contributed by atoms with Crippen LogP contribution in [0.5, 0.6) is 5.75 Å². The minimum Gasteiger partial charge on any atom is -0.496 e. The second-order valence-corrected chi connectivity index (χ2v) is 4.83. The third kappa shape index (κ3) is 3.83. The molecule has 3 N–H and O–H groups in total. The summed E-state index contributed by atoms with van der Waals surface area (Å²) in [6.07, 6.45) is 2.56. The number of aliphatic carboxylic acids is 1. The molecule has 0 spiro atoms. The van der Waals surface area contributed by atoms with Crippen LogP contribution in [0.3, 0.4) is 0 Å². The molecule has 1 aromatic carbocycles. The molecule has 0 aliphatic heterocycles. The summed E-state index contributed by atoms with van der Waals surface area (Å²) in [4.78, 5) is 10.5. The van der Waals surface area contributed by atoms with Crippen molar-refractivity contribution in [1.29, 1.82) is 0 Å². The summed E-state index contributed by atoms with van der Waals surface area (Å²) in [5.74, 6) is 0.154. The van der Waals surface area contributed by atoms with Crippen LogP contribution in [0.2, 0.25) is 0 Å². The van der Waals surface area contributed by atoms with Crippen LogP contribution in [0.15, 0.2) is 24.3 Å². The Morgan fingerprint density at radius 1 is 1.37 bits per heavy atom. The first-order chi connectivity index (χ1) is 8.86. The molecule has 0 heterocycles. The molecule has 1 atom stereocenters. The topological polar surface area (TPSA) is 72.5 Å². The first kappa shape index (κ1) is 15.2. The van der Waals surface area contributed by atoms with Crippen molar-refractivity contribution in [2.24, 2.45) is 5.73 Å². The monoisotopic (exact) mass is 263 g/mol. The SMILES string of the molecule is COc1cc(C)c(C(N)/C=C/C(=O)O)cc1C(C)C. The first-order valence-electron chi connectivity index (χ1n) is 6.22. The molecule has 0 amide bonds. The van der Waals surface area contributed by atoms with E-state index in [0.717, 1.165) is 28.5 Å². The van der Waals surface area contributed by atoms with E-state index in [1.54, 1.807) is 7.11 Å². The van der Waals surface area contributed by atoms with E-state index in [1.165, 1.54) is 6.08 Å². The van der Waals surface area contributed by atoms with Gasteiger partial charge >= 0.3 is 5.97 Å². The number of carboxylic acids is 1. The lowest BCUT2D eigenvalue weighted by Crippen LogP contribution is -2.11. The molecule has 4 nitrogen and oxygen atoms in total. The van der Waals surface area contributed by atoms with Crippen LogP contribution in [-0.2, 0) is 4.79 Å². The Morgan fingerprint density at radius 2 is 2.00 bits per heavy atom. The Labute approximate surface area is 113 Å². The van der Waals surface area contributed by atoms with Gasteiger partial charge in [-0.05, 0) is 41.7 Å². The lowest BCUT2D eigenvalue weighted by atomic mass is 9.93. The minimum atomic E-state index is -0.995. The average molecular weight is 263 g/mol. The lowest BCUT2D eigenvalue weighted by Gasteiger charge is -2.18. The molecule has 0 radical (unpaired) electrons. The summed E-state index contributed by atoms with van der Waals surface area (Å²) < 4.78 is 5.37. The van der Waals surface area contributed by atoms with Crippen LogP contribution >= 0.6 is 0 Å². The van der Waals surface area contributed by atoms with E-state index in [-0.39, 0.29) is 0 Å². The zero-order chi connectivity index (χ0) is 14.6. The summed E-state index contributed by atoms with van der Waals surface area (Å²) >= 11 is 0. The molecule has 19 heavy (non-hydrogen) atoms. The van der Waals surface area contributed by atoms with Gasteiger partial charge in [0.1, 0.15) is 5.75 Å². The fraction of sp³-hybridized carbons (Fsp3) is 0.400. The molecule has 1 unspecified atom stereocenters. The number of benzene rings is 1. The van der Waals surface area contributed by atoms with E-state index in [4.69, 9.17) is 15.6 Å². The Kier molecular flexibility index (Phi) is 5.12. The third-order valence-corrected chi connectivity index (χ3v) is 3.05. The van der Waals surface area contributed by atoms with Gasteiger partial charge in [0.15, 0.2) is 0 Å². The summed E-state index contributed by atoms with van der Waals surface area (Å²) in [7, 11) is 1.64. The van der Waals surface area contributed by atoms with Crippen molar-refractivity contribution in [1.82, 2.24) is 0 Å². The predicted molar refractivity (Wildman–Crippen MR) is 75.5 cm³/mol. The number of rotatable bonds is 5. The zero-order valence-electron chi connectivity index (χ0n) is 11.8. The second-order valence-electron chi connectivity index (χ2n) is 4.83. The largest absolute Gasteiger partial charge is 0.496 e. The van der Waals surface area contributed by atoms with Crippen molar-refractivity contribution >= 4 is 5.97 Å². The molecule has 1 aromatic rings. The van der Waals surface area contributed by atoms with Gasteiger partial charge in [-0.15, -0.1) is 0 Å². The minimum absolute atomic E-state index is 0.310. The highest BCUT2D eigenvalue weighted by molar-refractivity contribution is 5.79. The second kappa shape index (κ2) is 6.38. The van der Waals surface area contributed by atoms with E-state index < -0.39 is 12.0 Å². The fourth-order valence-corrected chi connectivity index (χ4v) is 1.99. The fourth-order valence-electron chi connectivity index (χ4n) is 1.99.